The standard InChI is InChI=1S/C9H13N5O4/c1-6(14-5-10-4-13-14)9(18)12-2-7(15)11-3-8(16)17/h4-6H,2-3H2,1H3,(H,11,15)(H,12,18)(H,16,17). The molecule has 2 amide bonds. The van der Waals surface area contributed by atoms with Crippen LogP contribution in [0, 0.1) is 0 Å². The average molecular weight is 255 g/mol. The first-order valence-corrected chi connectivity index (χ1v) is 5.11. The highest BCUT2D eigenvalue weighted by Gasteiger charge is 2.16. The maximum atomic E-state index is 11.6. The zero-order valence-electron chi connectivity index (χ0n) is 9.66. The zero-order chi connectivity index (χ0) is 13.5. The Morgan fingerprint density at radius 3 is 2.61 bits per heavy atom. The van der Waals surface area contributed by atoms with Crippen molar-refractivity contribution in [3.05, 3.63) is 12.7 Å². The number of carbonyl (C=O) groups is 3. The highest BCUT2D eigenvalue weighted by atomic mass is 16.4. The smallest absolute Gasteiger partial charge is 0.322 e. The predicted molar refractivity (Wildman–Crippen MR) is 58.4 cm³/mol. The van der Waals surface area contributed by atoms with Gasteiger partial charge in [-0.25, -0.2) is 9.67 Å². The van der Waals surface area contributed by atoms with Crippen LogP contribution in [0.5, 0.6) is 0 Å². The second kappa shape index (κ2) is 6.33. The van der Waals surface area contributed by atoms with E-state index < -0.39 is 30.4 Å². The van der Waals surface area contributed by atoms with Gasteiger partial charge in [0.05, 0.1) is 6.54 Å². The summed E-state index contributed by atoms with van der Waals surface area (Å²) in [4.78, 5) is 36.6. The van der Waals surface area contributed by atoms with E-state index in [1.165, 1.54) is 17.3 Å². The van der Waals surface area contributed by atoms with Crippen molar-refractivity contribution in [1.82, 2.24) is 25.4 Å². The molecule has 3 N–H and O–H groups in total. The number of nitrogens with one attached hydrogen (secondary N) is 2. The Hall–Kier alpha value is -2.45. The molecule has 0 radical (unpaired) electrons. The van der Waals surface area contributed by atoms with Crippen molar-refractivity contribution in [2.45, 2.75) is 13.0 Å². The number of hydrogen-bond acceptors (Lipinski definition) is 5. The van der Waals surface area contributed by atoms with Gasteiger partial charge in [0.25, 0.3) is 0 Å². The lowest BCUT2D eigenvalue weighted by Crippen LogP contribution is -2.41. The molecule has 1 aromatic rings. The van der Waals surface area contributed by atoms with Crippen LogP contribution >= 0.6 is 0 Å². The first kappa shape index (κ1) is 13.6. The first-order valence-electron chi connectivity index (χ1n) is 5.11. The van der Waals surface area contributed by atoms with Crippen LogP contribution in [-0.4, -0.2) is 50.7 Å². The average Bonchev–Trinajstić information content (AvgIpc) is 2.86. The van der Waals surface area contributed by atoms with E-state index in [9.17, 15) is 14.4 Å². The van der Waals surface area contributed by atoms with Crippen LogP contribution in [0.3, 0.4) is 0 Å². The topological polar surface area (TPSA) is 126 Å². The molecule has 0 aliphatic carbocycles. The second-order valence-electron chi connectivity index (χ2n) is 3.44. The van der Waals surface area contributed by atoms with Gasteiger partial charge < -0.3 is 15.7 Å². The number of carboxylic acids is 1. The minimum atomic E-state index is -1.15. The summed E-state index contributed by atoms with van der Waals surface area (Å²) in [5.41, 5.74) is 0. The number of aromatic nitrogens is 3. The normalized spacial score (nSPS) is 11.6. The minimum Gasteiger partial charge on any atom is -0.480 e. The summed E-state index contributed by atoms with van der Waals surface area (Å²) in [7, 11) is 0. The van der Waals surface area contributed by atoms with Crippen molar-refractivity contribution in [2.24, 2.45) is 0 Å². The summed E-state index contributed by atoms with van der Waals surface area (Å²) in [5.74, 6) is -2.13. The van der Waals surface area contributed by atoms with Crippen molar-refractivity contribution < 1.29 is 19.5 Å². The Morgan fingerprint density at radius 1 is 1.33 bits per heavy atom. The molecule has 9 heteroatoms. The van der Waals surface area contributed by atoms with E-state index in [1.807, 2.05) is 0 Å². The number of aliphatic carboxylic acids is 1. The number of carbonyl (C=O) groups excluding carboxylic acids is 2. The fourth-order valence-corrected chi connectivity index (χ4v) is 1.09. The van der Waals surface area contributed by atoms with E-state index in [2.05, 4.69) is 20.7 Å². The van der Waals surface area contributed by atoms with Crippen molar-refractivity contribution in [1.29, 1.82) is 0 Å². The van der Waals surface area contributed by atoms with Crippen LogP contribution in [0.2, 0.25) is 0 Å². The van der Waals surface area contributed by atoms with Gasteiger partial charge in [-0.1, -0.05) is 0 Å². The van der Waals surface area contributed by atoms with E-state index >= 15 is 0 Å². The Balaban J connectivity index is 2.33. The maximum Gasteiger partial charge on any atom is 0.322 e. The second-order valence-corrected chi connectivity index (χ2v) is 3.44. The van der Waals surface area contributed by atoms with Crippen LogP contribution < -0.4 is 10.6 Å². The molecule has 0 bridgehead atoms. The molecule has 1 heterocycles. The highest BCUT2D eigenvalue weighted by molar-refractivity contribution is 5.87. The Kier molecular flexibility index (Phi) is 4.78. The molecule has 0 spiro atoms. The molecule has 1 unspecified atom stereocenters. The fraction of sp³-hybridized carbons (Fsp3) is 0.444. The molecule has 9 nitrogen and oxygen atoms in total. The monoisotopic (exact) mass is 255 g/mol. The Bertz CT molecular complexity index is 430. The molecule has 0 saturated heterocycles. The van der Waals surface area contributed by atoms with Gasteiger partial charge in [0.1, 0.15) is 25.2 Å². The molecule has 18 heavy (non-hydrogen) atoms. The lowest BCUT2D eigenvalue weighted by molar-refractivity contribution is -0.137. The third-order valence-electron chi connectivity index (χ3n) is 2.07. The van der Waals surface area contributed by atoms with Crippen molar-refractivity contribution in [2.75, 3.05) is 13.1 Å². The van der Waals surface area contributed by atoms with Gasteiger partial charge >= 0.3 is 5.97 Å². The maximum absolute atomic E-state index is 11.6. The molecule has 1 aromatic heterocycles. The SMILES string of the molecule is CC(C(=O)NCC(=O)NCC(=O)O)n1cncn1. The number of amides is 2. The highest BCUT2D eigenvalue weighted by Crippen LogP contribution is 2.00. The van der Waals surface area contributed by atoms with Gasteiger partial charge in [0.15, 0.2) is 0 Å². The van der Waals surface area contributed by atoms with Crippen molar-refractivity contribution >= 4 is 17.8 Å². The van der Waals surface area contributed by atoms with Crippen LogP contribution in [0.4, 0.5) is 0 Å². The molecule has 0 aliphatic heterocycles. The Morgan fingerprint density at radius 2 is 2.06 bits per heavy atom. The van der Waals surface area contributed by atoms with Crippen LogP contribution in [0.1, 0.15) is 13.0 Å². The molecule has 0 aromatic carbocycles. The Labute approximate surface area is 102 Å². The quantitative estimate of drug-likeness (QED) is 0.548. The minimum absolute atomic E-state index is 0.287. The summed E-state index contributed by atoms with van der Waals surface area (Å²) >= 11 is 0. The summed E-state index contributed by atoms with van der Waals surface area (Å²) < 4.78 is 1.34. The van der Waals surface area contributed by atoms with Gasteiger partial charge in [0.2, 0.25) is 11.8 Å². The van der Waals surface area contributed by atoms with Crippen molar-refractivity contribution in [3.8, 4) is 0 Å². The summed E-state index contributed by atoms with van der Waals surface area (Å²) in [6.45, 7) is 0.831. The van der Waals surface area contributed by atoms with E-state index in [-0.39, 0.29) is 6.54 Å². The molecule has 0 saturated carbocycles. The first-order chi connectivity index (χ1) is 8.50. The van der Waals surface area contributed by atoms with Gasteiger partial charge in [-0.15, -0.1) is 0 Å². The molecule has 0 aliphatic rings. The fourth-order valence-electron chi connectivity index (χ4n) is 1.09. The van der Waals surface area contributed by atoms with Gasteiger partial charge in [-0.3, -0.25) is 14.4 Å². The molecule has 1 rings (SSSR count). The third kappa shape index (κ3) is 4.20. The zero-order valence-corrected chi connectivity index (χ0v) is 9.66. The van der Waals surface area contributed by atoms with Gasteiger partial charge in [0, 0.05) is 0 Å². The van der Waals surface area contributed by atoms with Gasteiger partial charge in [-0.05, 0) is 6.92 Å². The number of nitrogens with zero attached hydrogens (tertiary/aromatic N) is 3. The predicted octanol–water partition coefficient (Wildman–Crippen LogP) is -1.84. The third-order valence-corrected chi connectivity index (χ3v) is 2.07. The number of hydrogen-bond donors (Lipinski definition) is 3. The molecule has 0 fully saturated rings. The summed E-state index contributed by atoms with van der Waals surface area (Å²) in [6, 6.07) is -0.597. The molecule has 1 atom stereocenters. The van der Waals surface area contributed by atoms with E-state index in [1.54, 1.807) is 6.92 Å². The molecular formula is C9H13N5O4. The van der Waals surface area contributed by atoms with E-state index in [4.69, 9.17) is 5.11 Å². The lowest BCUT2D eigenvalue weighted by atomic mass is 10.3. The van der Waals surface area contributed by atoms with Crippen LogP contribution in [-0.2, 0) is 14.4 Å². The number of rotatable bonds is 6. The van der Waals surface area contributed by atoms with Crippen LogP contribution in [0.15, 0.2) is 12.7 Å². The van der Waals surface area contributed by atoms with Gasteiger partial charge in [-0.2, -0.15) is 5.10 Å². The lowest BCUT2D eigenvalue weighted by Gasteiger charge is -2.11. The van der Waals surface area contributed by atoms with E-state index in [0.29, 0.717) is 0 Å². The molecule has 98 valence electrons. The largest absolute Gasteiger partial charge is 0.480 e. The van der Waals surface area contributed by atoms with Crippen LogP contribution in [0.25, 0.3) is 0 Å². The summed E-state index contributed by atoms with van der Waals surface area (Å²) in [6.07, 6.45) is 2.68. The summed E-state index contributed by atoms with van der Waals surface area (Å²) in [5, 5.41) is 16.6. The number of carboxylic acid groups (broad SMARTS) is 1. The van der Waals surface area contributed by atoms with Crippen molar-refractivity contribution in [3.63, 3.8) is 0 Å². The molecular weight excluding hydrogens is 242 g/mol. The van der Waals surface area contributed by atoms with E-state index in [0.717, 1.165) is 0 Å².